The molecule has 2 aromatic rings. The molecule has 0 aromatic heterocycles. The Hall–Kier alpha value is -2.33. The number of carbonyl (C=O) groups excluding carboxylic acids is 1. The van der Waals surface area contributed by atoms with Crippen LogP contribution in [0.2, 0.25) is 0 Å². The van der Waals surface area contributed by atoms with Crippen molar-refractivity contribution in [1.82, 2.24) is 9.80 Å². The fraction of sp³-hybridized carbons (Fsp3) is 0.381. The van der Waals surface area contributed by atoms with Gasteiger partial charge in [-0.15, -0.1) is 0 Å². The highest BCUT2D eigenvalue weighted by Gasteiger charge is 2.21. The molecule has 4 nitrogen and oxygen atoms in total. The lowest BCUT2D eigenvalue weighted by molar-refractivity contribution is 0.143. The van der Waals surface area contributed by atoms with Crippen molar-refractivity contribution in [3.05, 3.63) is 64.7 Å². The molecule has 1 aliphatic rings. The van der Waals surface area contributed by atoms with E-state index in [9.17, 15) is 4.79 Å². The normalized spacial score (nSPS) is 15.2. The second kappa shape index (κ2) is 7.70. The van der Waals surface area contributed by atoms with Crippen LogP contribution >= 0.6 is 0 Å². The third-order valence-electron chi connectivity index (χ3n) is 4.95. The number of hydrogen-bond acceptors (Lipinski definition) is 2. The van der Waals surface area contributed by atoms with E-state index in [1.807, 2.05) is 30.9 Å². The summed E-state index contributed by atoms with van der Waals surface area (Å²) in [5.41, 5.74) is 5.86. The molecule has 2 aromatic carbocycles. The Morgan fingerprint density at radius 2 is 1.68 bits per heavy atom. The second-order valence-corrected chi connectivity index (χ2v) is 6.94. The number of anilines is 1. The van der Waals surface area contributed by atoms with E-state index in [1.165, 1.54) is 11.1 Å². The summed E-state index contributed by atoms with van der Waals surface area (Å²) in [5, 5.41) is 3.06. The van der Waals surface area contributed by atoms with Crippen molar-refractivity contribution in [3.63, 3.8) is 0 Å². The van der Waals surface area contributed by atoms with E-state index in [4.69, 9.17) is 0 Å². The lowest BCUT2D eigenvalue weighted by Gasteiger charge is -2.35. The minimum absolute atomic E-state index is 0.00393. The summed E-state index contributed by atoms with van der Waals surface area (Å²) in [7, 11) is 0. The van der Waals surface area contributed by atoms with Crippen molar-refractivity contribution in [2.75, 3.05) is 31.5 Å². The Morgan fingerprint density at radius 3 is 2.40 bits per heavy atom. The van der Waals surface area contributed by atoms with Crippen molar-refractivity contribution >= 4 is 11.7 Å². The molecule has 0 unspecified atom stereocenters. The smallest absolute Gasteiger partial charge is 0.321 e. The standard InChI is InChI=1S/C21H27N3O/c1-16-8-9-18(3)20(14-16)22-21(25)24-12-10-23(11-13-24)15-19-7-5-4-6-17(19)2/h4-9,14H,10-13,15H2,1-3H3,(H,22,25). The number of benzene rings is 2. The van der Waals surface area contributed by atoms with E-state index in [0.717, 1.165) is 49.5 Å². The van der Waals surface area contributed by atoms with E-state index in [2.05, 4.69) is 47.5 Å². The minimum Gasteiger partial charge on any atom is -0.322 e. The highest BCUT2D eigenvalue weighted by Crippen LogP contribution is 2.18. The summed E-state index contributed by atoms with van der Waals surface area (Å²) in [6, 6.07) is 14.7. The van der Waals surface area contributed by atoms with E-state index < -0.39 is 0 Å². The number of carbonyl (C=O) groups is 1. The fourth-order valence-corrected chi connectivity index (χ4v) is 3.20. The molecule has 0 saturated carbocycles. The van der Waals surface area contributed by atoms with Gasteiger partial charge >= 0.3 is 6.03 Å². The van der Waals surface area contributed by atoms with Gasteiger partial charge in [0.05, 0.1) is 0 Å². The monoisotopic (exact) mass is 337 g/mol. The maximum Gasteiger partial charge on any atom is 0.321 e. The van der Waals surface area contributed by atoms with Crippen LogP contribution in [0.15, 0.2) is 42.5 Å². The first kappa shape index (κ1) is 17.5. The zero-order valence-corrected chi connectivity index (χ0v) is 15.4. The molecule has 0 atom stereocenters. The predicted molar refractivity (Wildman–Crippen MR) is 103 cm³/mol. The van der Waals surface area contributed by atoms with E-state index in [0.29, 0.717) is 0 Å². The Balaban J connectivity index is 1.54. The van der Waals surface area contributed by atoms with Gasteiger partial charge in [-0.3, -0.25) is 4.90 Å². The Bertz CT molecular complexity index is 749. The minimum atomic E-state index is 0.00393. The molecule has 1 saturated heterocycles. The number of urea groups is 1. The third kappa shape index (κ3) is 4.40. The summed E-state index contributed by atoms with van der Waals surface area (Å²) in [5.74, 6) is 0. The average molecular weight is 337 g/mol. The van der Waals surface area contributed by atoms with Gasteiger partial charge in [-0.2, -0.15) is 0 Å². The predicted octanol–water partition coefficient (Wildman–Crippen LogP) is 3.96. The van der Waals surface area contributed by atoms with Crippen LogP contribution in [0.1, 0.15) is 22.3 Å². The fourth-order valence-electron chi connectivity index (χ4n) is 3.20. The molecular weight excluding hydrogens is 310 g/mol. The van der Waals surface area contributed by atoms with Gasteiger partial charge < -0.3 is 10.2 Å². The molecule has 1 aliphatic heterocycles. The van der Waals surface area contributed by atoms with Crippen molar-refractivity contribution < 1.29 is 4.79 Å². The lowest BCUT2D eigenvalue weighted by Crippen LogP contribution is -2.49. The molecular formula is C21H27N3O. The van der Waals surface area contributed by atoms with Gasteiger partial charge in [0.1, 0.15) is 0 Å². The summed E-state index contributed by atoms with van der Waals surface area (Å²) in [4.78, 5) is 16.9. The zero-order chi connectivity index (χ0) is 17.8. The van der Waals surface area contributed by atoms with Crippen LogP contribution in [0.5, 0.6) is 0 Å². The Kier molecular flexibility index (Phi) is 5.39. The SMILES string of the molecule is Cc1ccc(C)c(NC(=O)N2CCN(Cc3ccccc3C)CC2)c1. The lowest BCUT2D eigenvalue weighted by atomic mass is 10.1. The van der Waals surface area contributed by atoms with Crippen LogP contribution in [-0.2, 0) is 6.54 Å². The third-order valence-corrected chi connectivity index (χ3v) is 4.95. The van der Waals surface area contributed by atoms with Gasteiger partial charge in [0.25, 0.3) is 0 Å². The van der Waals surface area contributed by atoms with Crippen molar-refractivity contribution in [2.45, 2.75) is 27.3 Å². The molecule has 0 radical (unpaired) electrons. The first-order valence-electron chi connectivity index (χ1n) is 8.93. The number of nitrogens with zero attached hydrogens (tertiary/aromatic N) is 2. The van der Waals surface area contributed by atoms with Gasteiger partial charge in [-0.1, -0.05) is 36.4 Å². The van der Waals surface area contributed by atoms with Crippen LogP contribution in [0.25, 0.3) is 0 Å². The molecule has 0 spiro atoms. The van der Waals surface area contributed by atoms with Gasteiger partial charge in [0.2, 0.25) is 0 Å². The molecule has 2 amide bonds. The zero-order valence-electron chi connectivity index (χ0n) is 15.4. The Labute approximate surface area is 150 Å². The molecule has 3 rings (SSSR count). The van der Waals surface area contributed by atoms with E-state index in [1.54, 1.807) is 0 Å². The average Bonchev–Trinajstić information content (AvgIpc) is 2.61. The molecule has 0 bridgehead atoms. The number of hydrogen-bond donors (Lipinski definition) is 1. The first-order valence-corrected chi connectivity index (χ1v) is 8.93. The summed E-state index contributed by atoms with van der Waals surface area (Å²) < 4.78 is 0. The largest absolute Gasteiger partial charge is 0.322 e. The van der Waals surface area contributed by atoms with Gasteiger partial charge in [-0.05, 0) is 49.1 Å². The van der Waals surface area contributed by atoms with E-state index in [-0.39, 0.29) is 6.03 Å². The summed E-state index contributed by atoms with van der Waals surface area (Å²) in [6.07, 6.45) is 0. The maximum absolute atomic E-state index is 12.5. The first-order chi connectivity index (χ1) is 12.0. The van der Waals surface area contributed by atoms with Gasteiger partial charge in [0.15, 0.2) is 0 Å². The van der Waals surface area contributed by atoms with Crippen molar-refractivity contribution in [3.8, 4) is 0 Å². The molecule has 1 heterocycles. The molecule has 1 fully saturated rings. The number of nitrogens with one attached hydrogen (secondary N) is 1. The summed E-state index contributed by atoms with van der Waals surface area (Å²) in [6.45, 7) is 10.5. The van der Waals surface area contributed by atoms with Gasteiger partial charge in [-0.25, -0.2) is 4.79 Å². The van der Waals surface area contributed by atoms with Crippen LogP contribution in [0.3, 0.4) is 0 Å². The molecule has 4 heteroatoms. The quantitative estimate of drug-likeness (QED) is 0.920. The molecule has 0 aliphatic carbocycles. The number of rotatable bonds is 3. The number of piperazine rings is 1. The van der Waals surface area contributed by atoms with Crippen LogP contribution in [0.4, 0.5) is 10.5 Å². The molecule has 25 heavy (non-hydrogen) atoms. The molecule has 1 N–H and O–H groups in total. The highest BCUT2D eigenvalue weighted by molar-refractivity contribution is 5.90. The number of amides is 2. The van der Waals surface area contributed by atoms with Crippen LogP contribution < -0.4 is 5.32 Å². The topological polar surface area (TPSA) is 35.6 Å². The maximum atomic E-state index is 12.5. The highest BCUT2D eigenvalue weighted by atomic mass is 16.2. The van der Waals surface area contributed by atoms with Crippen LogP contribution in [0, 0.1) is 20.8 Å². The van der Waals surface area contributed by atoms with Crippen LogP contribution in [-0.4, -0.2) is 42.0 Å². The second-order valence-electron chi connectivity index (χ2n) is 6.94. The number of aryl methyl sites for hydroxylation is 3. The Morgan fingerprint density at radius 1 is 0.960 bits per heavy atom. The van der Waals surface area contributed by atoms with Crippen molar-refractivity contribution in [2.24, 2.45) is 0 Å². The van der Waals surface area contributed by atoms with Gasteiger partial charge in [0, 0.05) is 38.4 Å². The van der Waals surface area contributed by atoms with Crippen molar-refractivity contribution in [1.29, 1.82) is 0 Å². The summed E-state index contributed by atoms with van der Waals surface area (Å²) >= 11 is 0. The van der Waals surface area contributed by atoms with E-state index >= 15 is 0 Å². The molecule has 132 valence electrons.